The molecule has 0 saturated carbocycles. The van der Waals surface area contributed by atoms with Crippen LogP contribution in [0.25, 0.3) is 16.7 Å². The average molecular weight is 369 g/mol. The molecule has 1 heterocycles. The molecule has 26 heavy (non-hydrogen) atoms. The molecule has 7 nitrogen and oxygen atoms in total. The zero-order chi connectivity index (χ0) is 18.6. The van der Waals surface area contributed by atoms with Crippen LogP contribution in [0.15, 0.2) is 64.0 Å². The number of aromatic nitrogens is 1. The highest BCUT2D eigenvalue weighted by Gasteiger charge is 2.13. The summed E-state index contributed by atoms with van der Waals surface area (Å²) in [5.41, 5.74) is 2.04. The van der Waals surface area contributed by atoms with Crippen molar-refractivity contribution in [1.82, 2.24) is 4.98 Å². The topological polar surface area (TPSA) is 116 Å². The fourth-order valence-electron chi connectivity index (χ4n) is 2.28. The molecule has 132 valence electrons. The SMILES string of the molecule is N#C/C(=C/Nc1ccc(S(=O)(=O)CCO)cc1)c1nc2ccccc2o1. The van der Waals surface area contributed by atoms with Gasteiger partial charge < -0.3 is 14.8 Å². The van der Waals surface area contributed by atoms with Crippen LogP contribution in [-0.2, 0) is 9.84 Å². The summed E-state index contributed by atoms with van der Waals surface area (Å²) >= 11 is 0. The molecular weight excluding hydrogens is 354 g/mol. The van der Waals surface area contributed by atoms with E-state index in [-0.39, 0.29) is 22.1 Å². The van der Waals surface area contributed by atoms with Gasteiger partial charge in [-0.2, -0.15) is 5.26 Å². The van der Waals surface area contributed by atoms with Gasteiger partial charge in [0.1, 0.15) is 17.2 Å². The van der Waals surface area contributed by atoms with Crippen LogP contribution in [0.4, 0.5) is 5.69 Å². The molecule has 0 spiro atoms. The second-order valence-electron chi connectivity index (χ2n) is 5.37. The number of nitrogens with zero attached hydrogens (tertiary/aromatic N) is 2. The molecule has 8 heteroatoms. The fraction of sp³-hybridized carbons (Fsp3) is 0.111. The van der Waals surface area contributed by atoms with E-state index in [1.807, 2.05) is 18.2 Å². The summed E-state index contributed by atoms with van der Waals surface area (Å²) in [5, 5.41) is 21.1. The molecule has 0 saturated heterocycles. The molecular formula is C18H15N3O4S. The molecule has 0 aliphatic rings. The highest BCUT2D eigenvalue weighted by molar-refractivity contribution is 7.91. The first-order valence-corrected chi connectivity index (χ1v) is 9.35. The predicted molar refractivity (Wildman–Crippen MR) is 96.8 cm³/mol. The third kappa shape index (κ3) is 3.74. The summed E-state index contributed by atoms with van der Waals surface area (Å²) in [6, 6.07) is 15.2. The Kier molecular flexibility index (Phi) is 5.02. The van der Waals surface area contributed by atoms with Crippen molar-refractivity contribution in [3.63, 3.8) is 0 Å². The highest BCUT2D eigenvalue weighted by atomic mass is 32.2. The van der Waals surface area contributed by atoms with E-state index in [2.05, 4.69) is 10.3 Å². The van der Waals surface area contributed by atoms with Crippen molar-refractivity contribution in [3.05, 3.63) is 60.6 Å². The summed E-state index contributed by atoms with van der Waals surface area (Å²) in [4.78, 5) is 4.39. The average Bonchev–Trinajstić information content (AvgIpc) is 3.06. The van der Waals surface area contributed by atoms with Gasteiger partial charge in [0.25, 0.3) is 0 Å². The van der Waals surface area contributed by atoms with Crippen LogP contribution in [0.2, 0.25) is 0 Å². The first-order chi connectivity index (χ1) is 12.5. The Bertz CT molecular complexity index is 1060. The van der Waals surface area contributed by atoms with E-state index in [9.17, 15) is 13.7 Å². The molecule has 0 bridgehead atoms. The van der Waals surface area contributed by atoms with Crippen LogP contribution in [0.1, 0.15) is 5.89 Å². The predicted octanol–water partition coefficient (Wildman–Crippen LogP) is 2.57. The van der Waals surface area contributed by atoms with Gasteiger partial charge in [-0.05, 0) is 36.4 Å². The molecule has 2 N–H and O–H groups in total. The zero-order valence-electron chi connectivity index (χ0n) is 13.6. The maximum absolute atomic E-state index is 11.9. The van der Waals surface area contributed by atoms with Gasteiger partial charge in [0.15, 0.2) is 15.4 Å². The number of nitriles is 1. The Labute approximate surface area is 150 Å². The van der Waals surface area contributed by atoms with Crippen LogP contribution in [0, 0.1) is 11.3 Å². The van der Waals surface area contributed by atoms with Crippen molar-refractivity contribution in [2.45, 2.75) is 4.90 Å². The number of hydrogen-bond donors (Lipinski definition) is 2. The second-order valence-corrected chi connectivity index (χ2v) is 7.48. The Morgan fingerprint density at radius 2 is 1.96 bits per heavy atom. The van der Waals surface area contributed by atoms with E-state index >= 15 is 0 Å². The van der Waals surface area contributed by atoms with Gasteiger partial charge in [0.2, 0.25) is 5.89 Å². The largest absolute Gasteiger partial charge is 0.435 e. The third-order valence-electron chi connectivity index (χ3n) is 3.60. The van der Waals surface area contributed by atoms with Crippen molar-refractivity contribution in [1.29, 1.82) is 5.26 Å². The van der Waals surface area contributed by atoms with Crippen LogP contribution in [-0.4, -0.2) is 30.9 Å². The van der Waals surface area contributed by atoms with Crippen molar-refractivity contribution >= 4 is 32.2 Å². The van der Waals surface area contributed by atoms with Gasteiger partial charge in [-0.25, -0.2) is 13.4 Å². The second kappa shape index (κ2) is 7.39. The number of nitrogens with one attached hydrogen (secondary N) is 1. The molecule has 0 aliphatic carbocycles. The minimum Gasteiger partial charge on any atom is -0.435 e. The number of anilines is 1. The van der Waals surface area contributed by atoms with Crippen molar-refractivity contribution in [2.24, 2.45) is 0 Å². The van der Waals surface area contributed by atoms with E-state index in [1.165, 1.54) is 18.3 Å². The van der Waals surface area contributed by atoms with Gasteiger partial charge in [-0.1, -0.05) is 12.1 Å². The Hall–Kier alpha value is -3.15. The molecule has 0 aliphatic heterocycles. The summed E-state index contributed by atoms with van der Waals surface area (Å²) in [7, 11) is -3.49. The summed E-state index contributed by atoms with van der Waals surface area (Å²) in [6.07, 6.45) is 1.45. The number of aliphatic hydroxyl groups excluding tert-OH is 1. The maximum Gasteiger partial charge on any atom is 0.239 e. The number of fused-ring (bicyclic) bond motifs is 1. The lowest BCUT2D eigenvalue weighted by atomic mass is 10.3. The number of rotatable bonds is 6. The number of aliphatic hydroxyl groups is 1. The van der Waals surface area contributed by atoms with Crippen LogP contribution < -0.4 is 5.32 Å². The maximum atomic E-state index is 11.9. The van der Waals surface area contributed by atoms with Crippen molar-refractivity contribution in [3.8, 4) is 6.07 Å². The quantitative estimate of drug-likeness (QED) is 0.641. The molecule has 0 unspecified atom stereocenters. The number of oxazole rings is 1. The monoisotopic (exact) mass is 369 g/mol. The summed E-state index contributed by atoms with van der Waals surface area (Å²) in [5.74, 6) is -0.126. The van der Waals surface area contributed by atoms with Crippen molar-refractivity contribution in [2.75, 3.05) is 17.7 Å². The number of benzene rings is 2. The van der Waals surface area contributed by atoms with E-state index < -0.39 is 16.4 Å². The lowest BCUT2D eigenvalue weighted by Crippen LogP contribution is -2.09. The molecule has 3 rings (SSSR count). The molecule has 0 amide bonds. The zero-order valence-corrected chi connectivity index (χ0v) is 14.4. The minimum atomic E-state index is -3.49. The first-order valence-electron chi connectivity index (χ1n) is 7.70. The van der Waals surface area contributed by atoms with E-state index in [0.717, 1.165) is 0 Å². The number of hydrogen-bond acceptors (Lipinski definition) is 7. The fourth-order valence-corrected chi connectivity index (χ4v) is 3.31. The first kappa shape index (κ1) is 17.7. The Morgan fingerprint density at radius 3 is 2.62 bits per heavy atom. The van der Waals surface area contributed by atoms with Gasteiger partial charge >= 0.3 is 0 Å². The molecule has 0 fully saturated rings. The standard InChI is InChI=1S/C18H15N3O4S/c19-11-13(18-21-16-3-1-2-4-17(16)25-18)12-20-14-5-7-15(8-6-14)26(23,24)10-9-22/h1-8,12,20,22H,9-10H2/b13-12-. The molecule has 3 aromatic rings. The smallest absolute Gasteiger partial charge is 0.239 e. The third-order valence-corrected chi connectivity index (χ3v) is 5.31. The van der Waals surface area contributed by atoms with Gasteiger partial charge in [-0.3, -0.25) is 0 Å². The van der Waals surface area contributed by atoms with Gasteiger partial charge in [0, 0.05) is 11.9 Å². The van der Waals surface area contributed by atoms with Crippen LogP contribution in [0.3, 0.4) is 0 Å². The lowest BCUT2D eigenvalue weighted by molar-refractivity contribution is 0.319. The Balaban J connectivity index is 1.80. The number of sulfone groups is 1. The minimum absolute atomic E-state index is 0.125. The highest BCUT2D eigenvalue weighted by Crippen LogP contribution is 2.21. The van der Waals surface area contributed by atoms with E-state index in [4.69, 9.17) is 9.52 Å². The summed E-state index contributed by atoms with van der Waals surface area (Å²) < 4.78 is 29.3. The molecule has 2 aromatic carbocycles. The van der Waals surface area contributed by atoms with Gasteiger partial charge in [0.05, 0.1) is 17.3 Å². The van der Waals surface area contributed by atoms with E-state index in [0.29, 0.717) is 16.8 Å². The van der Waals surface area contributed by atoms with Crippen LogP contribution >= 0.6 is 0 Å². The van der Waals surface area contributed by atoms with Crippen LogP contribution in [0.5, 0.6) is 0 Å². The normalized spacial score (nSPS) is 12.1. The van der Waals surface area contributed by atoms with Gasteiger partial charge in [-0.15, -0.1) is 0 Å². The summed E-state index contributed by atoms with van der Waals surface area (Å²) in [6.45, 7) is -0.429. The lowest BCUT2D eigenvalue weighted by Gasteiger charge is -2.05. The molecule has 0 atom stereocenters. The number of para-hydroxylation sites is 2. The Morgan fingerprint density at radius 1 is 1.23 bits per heavy atom. The van der Waals surface area contributed by atoms with E-state index in [1.54, 1.807) is 24.3 Å². The van der Waals surface area contributed by atoms with Crippen molar-refractivity contribution < 1.29 is 17.9 Å². The molecule has 0 radical (unpaired) electrons. The molecule has 1 aromatic heterocycles. The number of allylic oxidation sites excluding steroid dienone is 1.